The topological polar surface area (TPSA) is 85.3 Å². The summed E-state index contributed by atoms with van der Waals surface area (Å²) in [6, 6.07) is 0. The molecule has 0 saturated carbocycles. The predicted molar refractivity (Wildman–Crippen MR) is 102 cm³/mol. The van der Waals surface area contributed by atoms with Crippen LogP contribution in [0.3, 0.4) is 0 Å². The normalized spacial score (nSPS) is 16.5. The van der Waals surface area contributed by atoms with Crippen molar-refractivity contribution >= 4 is 17.0 Å². The Hall–Kier alpha value is -2.70. The molecule has 0 atom stereocenters. The highest BCUT2D eigenvalue weighted by molar-refractivity contribution is 6.07. The largest absolute Gasteiger partial charge is 0.445 e. The van der Waals surface area contributed by atoms with E-state index in [9.17, 15) is 4.79 Å². The number of fused-ring (bicyclic) bond motifs is 3. The third kappa shape index (κ3) is 2.56. The number of oxazole rings is 1. The number of amides is 1. The summed E-state index contributed by atoms with van der Waals surface area (Å²) in [5.74, 6) is 1.65. The lowest BCUT2D eigenvalue weighted by atomic mass is 9.97. The number of pyridine rings is 1. The maximum Gasteiger partial charge on any atom is 0.259 e. The van der Waals surface area contributed by atoms with Crippen LogP contribution in [0.5, 0.6) is 0 Å². The lowest BCUT2D eigenvalue weighted by Gasteiger charge is -2.26. The monoisotopic (exact) mass is 380 g/mol. The molecule has 0 unspecified atom stereocenters. The van der Waals surface area contributed by atoms with Crippen molar-refractivity contribution in [2.45, 2.75) is 65.3 Å². The van der Waals surface area contributed by atoms with Crippen molar-refractivity contribution in [1.82, 2.24) is 20.0 Å². The molecule has 0 radical (unpaired) electrons. The molecule has 0 bridgehead atoms. The van der Waals surface area contributed by atoms with Gasteiger partial charge in [0.05, 0.1) is 23.2 Å². The highest BCUT2D eigenvalue weighted by Gasteiger charge is 2.33. The standard InChI is InChI=1S/C21H24N4O3/c1-11-16-17(12-6-5-7-13(12)22-18(16)28-24-11)19(26)25-9-8-15-14(10-25)23-20(27-15)21(2,3)4/h5-10H2,1-4H3. The predicted octanol–water partition coefficient (Wildman–Crippen LogP) is 3.50. The van der Waals surface area contributed by atoms with Crippen molar-refractivity contribution in [1.29, 1.82) is 0 Å². The first-order valence-corrected chi connectivity index (χ1v) is 9.89. The highest BCUT2D eigenvalue weighted by Crippen LogP contribution is 2.34. The molecule has 3 aromatic heterocycles. The zero-order valence-corrected chi connectivity index (χ0v) is 16.8. The Morgan fingerprint density at radius 1 is 1.11 bits per heavy atom. The minimum atomic E-state index is -0.149. The van der Waals surface area contributed by atoms with Gasteiger partial charge in [-0.3, -0.25) is 4.79 Å². The molecule has 0 saturated heterocycles. The second-order valence-corrected chi connectivity index (χ2v) is 8.83. The van der Waals surface area contributed by atoms with Gasteiger partial charge in [-0.05, 0) is 31.7 Å². The van der Waals surface area contributed by atoms with Crippen LogP contribution in [0, 0.1) is 6.92 Å². The zero-order valence-electron chi connectivity index (χ0n) is 16.8. The minimum absolute atomic E-state index is 0.0165. The minimum Gasteiger partial charge on any atom is -0.445 e. The lowest BCUT2D eigenvalue weighted by molar-refractivity contribution is 0.0728. The van der Waals surface area contributed by atoms with Gasteiger partial charge in [0, 0.05) is 24.1 Å². The third-order valence-electron chi connectivity index (χ3n) is 5.69. The van der Waals surface area contributed by atoms with Crippen LogP contribution in [0.2, 0.25) is 0 Å². The summed E-state index contributed by atoms with van der Waals surface area (Å²) >= 11 is 0. The molecule has 7 nitrogen and oxygen atoms in total. The van der Waals surface area contributed by atoms with Crippen molar-refractivity contribution in [2.24, 2.45) is 0 Å². The molecule has 0 aromatic carbocycles. The summed E-state index contributed by atoms with van der Waals surface area (Å²) in [4.78, 5) is 24.8. The molecule has 4 heterocycles. The smallest absolute Gasteiger partial charge is 0.259 e. The van der Waals surface area contributed by atoms with Gasteiger partial charge in [-0.25, -0.2) is 9.97 Å². The average Bonchev–Trinajstić information content (AvgIpc) is 3.36. The van der Waals surface area contributed by atoms with Crippen LogP contribution in [0.1, 0.15) is 71.8 Å². The SMILES string of the molecule is Cc1noc2nc3c(c(C(=O)N4CCc5oc(C(C)(C)C)nc5C4)c12)CCC3. The fourth-order valence-electron chi connectivity index (χ4n) is 4.20. The summed E-state index contributed by atoms with van der Waals surface area (Å²) in [7, 11) is 0. The summed E-state index contributed by atoms with van der Waals surface area (Å²) < 4.78 is 11.4. The highest BCUT2D eigenvalue weighted by atomic mass is 16.5. The molecule has 0 N–H and O–H groups in total. The van der Waals surface area contributed by atoms with Gasteiger partial charge in [-0.1, -0.05) is 25.9 Å². The van der Waals surface area contributed by atoms with E-state index in [1.807, 2.05) is 11.8 Å². The van der Waals surface area contributed by atoms with E-state index in [4.69, 9.17) is 8.94 Å². The molecule has 28 heavy (non-hydrogen) atoms. The molecule has 2 aliphatic rings. The van der Waals surface area contributed by atoms with E-state index >= 15 is 0 Å². The number of nitrogens with zero attached hydrogens (tertiary/aromatic N) is 4. The van der Waals surface area contributed by atoms with Gasteiger partial charge >= 0.3 is 0 Å². The molecule has 3 aromatic rings. The van der Waals surface area contributed by atoms with Crippen molar-refractivity contribution in [3.63, 3.8) is 0 Å². The fraction of sp³-hybridized carbons (Fsp3) is 0.524. The summed E-state index contributed by atoms with van der Waals surface area (Å²) in [5.41, 5.74) is 4.66. The number of hydrogen-bond acceptors (Lipinski definition) is 6. The van der Waals surface area contributed by atoms with Crippen LogP contribution < -0.4 is 0 Å². The molecular formula is C21H24N4O3. The molecule has 1 aliphatic heterocycles. The maximum absolute atomic E-state index is 13.6. The van der Waals surface area contributed by atoms with Gasteiger partial charge in [-0.2, -0.15) is 0 Å². The average molecular weight is 380 g/mol. The molecule has 5 rings (SSSR count). The Morgan fingerprint density at radius 3 is 2.71 bits per heavy atom. The van der Waals surface area contributed by atoms with E-state index in [-0.39, 0.29) is 11.3 Å². The molecule has 1 aliphatic carbocycles. The van der Waals surface area contributed by atoms with Crippen LogP contribution in [0.15, 0.2) is 8.94 Å². The second-order valence-electron chi connectivity index (χ2n) is 8.83. The van der Waals surface area contributed by atoms with Crippen molar-refractivity contribution in [3.8, 4) is 0 Å². The number of carbonyl (C=O) groups excluding carboxylic acids is 1. The Labute approximate surface area is 163 Å². The van der Waals surface area contributed by atoms with Crippen LogP contribution in [-0.2, 0) is 31.2 Å². The maximum atomic E-state index is 13.6. The van der Waals surface area contributed by atoms with Gasteiger partial charge in [-0.15, -0.1) is 0 Å². The number of aryl methyl sites for hydroxylation is 2. The van der Waals surface area contributed by atoms with Crippen molar-refractivity contribution < 1.29 is 13.7 Å². The van der Waals surface area contributed by atoms with Gasteiger partial charge in [0.1, 0.15) is 11.5 Å². The third-order valence-corrected chi connectivity index (χ3v) is 5.69. The van der Waals surface area contributed by atoms with E-state index in [1.54, 1.807) is 0 Å². The molecule has 146 valence electrons. The first kappa shape index (κ1) is 17.4. The van der Waals surface area contributed by atoms with Crippen LogP contribution in [-0.4, -0.2) is 32.5 Å². The summed E-state index contributed by atoms with van der Waals surface area (Å²) in [6.07, 6.45) is 3.46. The molecule has 0 spiro atoms. The van der Waals surface area contributed by atoms with Gasteiger partial charge < -0.3 is 13.8 Å². The summed E-state index contributed by atoms with van der Waals surface area (Å²) in [6.45, 7) is 9.20. The van der Waals surface area contributed by atoms with Gasteiger partial charge in [0.15, 0.2) is 5.89 Å². The van der Waals surface area contributed by atoms with Crippen molar-refractivity contribution in [3.05, 3.63) is 39.9 Å². The Morgan fingerprint density at radius 2 is 1.93 bits per heavy atom. The van der Waals surface area contributed by atoms with Crippen LogP contribution in [0.25, 0.3) is 11.1 Å². The number of aromatic nitrogens is 3. The lowest BCUT2D eigenvalue weighted by Crippen LogP contribution is -2.36. The van der Waals surface area contributed by atoms with Crippen molar-refractivity contribution in [2.75, 3.05) is 6.54 Å². The Balaban J connectivity index is 1.55. The van der Waals surface area contributed by atoms with E-state index in [0.717, 1.165) is 64.5 Å². The number of rotatable bonds is 1. The molecular weight excluding hydrogens is 356 g/mol. The zero-order chi connectivity index (χ0) is 19.6. The van der Waals surface area contributed by atoms with Gasteiger partial charge in [0.25, 0.3) is 11.6 Å². The van der Waals surface area contributed by atoms with Crippen LogP contribution in [0.4, 0.5) is 0 Å². The number of carbonyl (C=O) groups is 1. The first-order valence-electron chi connectivity index (χ1n) is 9.89. The molecule has 7 heteroatoms. The van der Waals surface area contributed by atoms with E-state index in [1.165, 1.54) is 0 Å². The van der Waals surface area contributed by atoms with Crippen LogP contribution >= 0.6 is 0 Å². The second kappa shape index (κ2) is 5.90. The number of hydrogen-bond donors (Lipinski definition) is 0. The Kier molecular flexibility index (Phi) is 3.66. The quantitative estimate of drug-likeness (QED) is 0.642. The van der Waals surface area contributed by atoms with E-state index in [0.29, 0.717) is 25.2 Å². The van der Waals surface area contributed by atoms with E-state index in [2.05, 4.69) is 35.9 Å². The fourth-order valence-corrected chi connectivity index (χ4v) is 4.20. The molecule has 1 amide bonds. The first-order chi connectivity index (χ1) is 13.3. The van der Waals surface area contributed by atoms with E-state index < -0.39 is 0 Å². The van der Waals surface area contributed by atoms with Gasteiger partial charge in [0.2, 0.25) is 0 Å². The Bertz CT molecular complexity index is 1100. The molecule has 0 fully saturated rings. The summed E-state index contributed by atoms with van der Waals surface area (Å²) in [5, 5.41) is 4.81.